The van der Waals surface area contributed by atoms with Crippen molar-refractivity contribution in [2.24, 2.45) is 16.8 Å². The average Bonchev–Trinajstić information content (AvgIpc) is 3.74. The largest absolute Gasteiger partial charge is 0.354 e. The molecule has 2 aromatic carbocycles. The van der Waals surface area contributed by atoms with Crippen molar-refractivity contribution >= 4 is 22.6 Å². The molecule has 0 bridgehead atoms. The van der Waals surface area contributed by atoms with Crippen LogP contribution >= 0.6 is 0 Å². The van der Waals surface area contributed by atoms with Crippen molar-refractivity contribution in [3.63, 3.8) is 0 Å². The number of carbonyl (C=O) groups excluding carboxylic acids is 1. The van der Waals surface area contributed by atoms with Crippen LogP contribution in [0.15, 0.2) is 65.8 Å². The molecule has 1 saturated heterocycles. The van der Waals surface area contributed by atoms with E-state index in [4.69, 9.17) is 4.99 Å². The van der Waals surface area contributed by atoms with Gasteiger partial charge in [-0.25, -0.2) is 0 Å². The Morgan fingerprint density at radius 1 is 0.970 bits per heavy atom. The van der Waals surface area contributed by atoms with Gasteiger partial charge in [-0.1, -0.05) is 42.5 Å². The van der Waals surface area contributed by atoms with Gasteiger partial charge in [-0.05, 0) is 43.4 Å². The molecule has 7 rings (SSSR count). The third kappa shape index (κ3) is 3.50. The molecular weight excluding hydrogens is 408 g/mol. The Hall–Kier alpha value is -3.21. The second kappa shape index (κ2) is 7.14. The maximum absolute atomic E-state index is 12.3. The summed E-state index contributed by atoms with van der Waals surface area (Å²) in [5.74, 6) is 2.43. The molecule has 3 aromatic rings. The Morgan fingerprint density at radius 2 is 1.73 bits per heavy atom. The van der Waals surface area contributed by atoms with Gasteiger partial charge >= 0.3 is 0 Å². The van der Waals surface area contributed by atoms with Crippen molar-refractivity contribution < 1.29 is 4.79 Å². The molecule has 33 heavy (non-hydrogen) atoms. The number of aromatic nitrogens is 1. The van der Waals surface area contributed by atoms with Crippen LogP contribution in [-0.4, -0.2) is 58.2 Å². The van der Waals surface area contributed by atoms with Gasteiger partial charge in [0.1, 0.15) is 5.84 Å². The number of para-hydroxylation sites is 1. The number of fused-ring (bicyclic) bond motifs is 1. The predicted molar refractivity (Wildman–Crippen MR) is 130 cm³/mol. The van der Waals surface area contributed by atoms with Crippen LogP contribution in [0.1, 0.15) is 31.2 Å². The highest BCUT2D eigenvalue weighted by molar-refractivity contribution is 6.01. The summed E-state index contributed by atoms with van der Waals surface area (Å²) in [5, 5.41) is 1.16. The van der Waals surface area contributed by atoms with Crippen LogP contribution in [-0.2, 0) is 4.79 Å². The molecule has 0 atom stereocenters. The average molecular weight is 437 g/mol. The maximum atomic E-state index is 12.3. The van der Waals surface area contributed by atoms with E-state index in [0.29, 0.717) is 17.7 Å². The van der Waals surface area contributed by atoms with Crippen LogP contribution in [0.5, 0.6) is 0 Å². The van der Waals surface area contributed by atoms with Gasteiger partial charge in [0.2, 0.25) is 5.91 Å². The highest BCUT2D eigenvalue weighted by Gasteiger charge is 2.50. The summed E-state index contributed by atoms with van der Waals surface area (Å²) in [5.41, 5.74) is 4.69. The zero-order chi connectivity index (χ0) is 22.0. The van der Waals surface area contributed by atoms with Crippen LogP contribution in [0.3, 0.4) is 0 Å². The quantitative estimate of drug-likeness (QED) is 0.597. The van der Waals surface area contributed by atoms with Crippen LogP contribution in [0.4, 0.5) is 0 Å². The van der Waals surface area contributed by atoms with Crippen LogP contribution in [0.2, 0.25) is 0 Å². The highest BCUT2D eigenvalue weighted by Crippen LogP contribution is 2.45. The second-order valence-electron chi connectivity index (χ2n) is 10.4. The van der Waals surface area contributed by atoms with E-state index < -0.39 is 0 Å². The molecule has 2 saturated carbocycles. The Labute approximate surface area is 194 Å². The summed E-state index contributed by atoms with van der Waals surface area (Å²) in [6.07, 6.45) is 6.55. The Bertz CT molecular complexity index is 1270. The van der Waals surface area contributed by atoms with Gasteiger partial charge in [-0.15, -0.1) is 0 Å². The predicted octanol–water partition coefficient (Wildman–Crippen LogP) is 4.37. The second-order valence-corrected chi connectivity index (χ2v) is 10.4. The van der Waals surface area contributed by atoms with Crippen molar-refractivity contribution in [1.82, 2.24) is 14.8 Å². The van der Waals surface area contributed by atoms with Gasteiger partial charge < -0.3 is 9.80 Å². The number of likely N-dealkylation sites (tertiary alicyclic amines) is 1. The first-order valence-electron chi connectivity index (χ1n) is 12.3. The number of benzene rings is 2. The van der Waals surface area contributed by atoms with Gasteiger partial charge in [-0.3, -0.25) is 14.8 Å². The van der Waals surface area contributed by atoms with Crippen LogP contribution < -0.4 is 0 Å². The van der Waals surface area contributed by atoms with E-state index in [0.717, 1.165) is 61.3 Å². The van der Waals surface area contributed by atoms with E-state index in [1.54, 1.807) is 0 Å². The minimum Gasteiger partial charge on any atom is -0.354 e. The first-order valence-corrected chi connectivity index (χ1v) is 12.3. The van der Waals surface area contributed by atoms with Crippen LogP contribution in [0.25, 0.3) is 22.0 Å². The summed E-state index contributed by atoms with van der Waals surface area (Å²) >= 11 is 0. The molecule has 0 unspecified atom stereocenters. The highest BCUT2D eigenvalue weighted by atomic mass is 16.2. The smallest absolute Gasteiger partial charge is 0.225 e. The molecule has 3 heterocycles. The number of carbonyl (C=O) groups is 1. The zero-order valence-electron chi connectivity index (χ0n) is 18.8. The van der Waals surface area contributed by atoms with Crippen molar-refractivity contribution in [3.05, 3.63) is 66.4 Å². The monoisotopic (exact) mass is 436 g/mol. The molecule has 5 nitrogen and oxygen atoms in total. The summed E-state index contributed by atoms with van der Waals surface area (Å²) in [7, 11) is 0. The summed E-state index contributed by atoms with van der Waals surface area (Å²) in [4.78, 5) is 26.6. The van der Waals surface area contributed by atoms with Gasteiger partial charge in [-0.2, -0.15) is 0 Å². The van der Waals surface area contributed by atoms with E-state index in [-0.39, 0.29) is 5.54 Å². The topological polar surface area (TPSA) is 48.8 Å². The molecule has 1 spiro atoms. The standard InChI is InChI=1S/C28H28N4O/c33-27(22-9-10-22)31-15-19(16-31)17-32-18-28(11-12-28)30-26(32)21-7-5-20(6-8-21)24-13-23-3-1-2-4-25(23)29-14-24/h1-8,13-14,19,22H,9-12,15-18H2. The lowest BCUT2D eigenvalue weighted by molar-refractivity contribution is -0.139. The molecule has 1 aromatic heterocycles. The third-order valence-electron chi connectivity index (χ3n) is 7.70. The maximum Gasteiger partial charge on any atom is 0.225 e. The van der Waals surface area contributed by atoms with E-state index in [1.807, 2.05) is 18.3 Å². The molecule has 166 valence electrons. The number of hydrogen-bond acceptors (Lipinski definition) is 4. The Balaban J connectivity index is 1.08. The number of nitrogens with zero attached hydrogens (tertiary/aromatic N) is 4. The van der Waals surface area contributed by atoms with Gasteiger partial charge in [0.05, 0.1) is 11.1 Å². The fourth-order valence-corrected chi connectivity index (χ4v) is 5.38. The minimum atomic E-state index is 0.156. The lowest BCUT2D eigenvalue weighted by Crippen LogP contribution is -2.54. The number of rotatable bonds is 5. The lowest BCUT2D eigenvalue weighted by atomic mass is 9.98. The number of amidine groups is 1. The minimum absolute atomic E-state index is 0.156. The molecule has 1 amide bonds. The van der Waals surface area contributed by atoms with Crippen molar-refractivity contribution in [1.29, 1.82) is 0 Å². The summed E-state index contributed by atoms with van der Waals surface area (Å²) in [6.45, 7) is 3.87. The van der Waals surface area contributed by atoms with Crippen LogP contribution in [0, 0.1) is 11.8 Å². The zero-order valence-corrected chi connectivity index (χ0v) is 18.8. The van der Waals surface area contributed by atoms with Crippen molar-refractivity contribution in [2.75, 3.05) is 26.2 Å². The normalized spacial score (nSPS) is 21.4. The molecule has 0 N–H and O–H groups in total. The molecule has 3 fully saturated rings. The Morgan fingerprint density at radius 3 is 2.48 bits per heavy atom. The molecular formula is C28H28N4O. The summed E-state index contributed by atoms with van der Waals surface area (Å²) in [6, 6.07) is 19.3. The first-order chi connectivity index (χ1) is 16.2. The third-order valence-corrected chi connectivity index (χ3v) is 7.70. The van der Waals surface area contributed by atoms with E-state index in [1.165, 1.54) is 24.0 Å². The van der Waals surface area contributed by atoms with Crippen molar-refractivity contribution in [2.45, 2.75) is 31.2 Å². The summed E-state index contributed by atoms with van der Waals surface area (Å²) < 4.78 is 0. The molecule has 4 aliphatic rings. The molecule has 5 heteroatoms. The first kappa shape index (κ1) is 19.3. The number of aliphatic imine (C=N–C) groups is 1. The number of amides is 1. The number of pyridine rings is 1. The molecule has 0 radical (unpaired) electrons. The molecule has 2 aliphatic heterocycles. The lowest BCUT2D eigenvalue weighted by Gasteiger charge is -2.41. The van der Waals surface area contributed by atoms with Gasteiger partial charge in [0, 0.05) is 60.7 Å². The van der Waals surface area contributed by atoms with E-state index >= 15 is 0 Å². The van der Waals surface area contributed by atoms with E-state index in [9.17, 15) is 4.79 Å². The number of hydrogen-bond donors (Lipinski definition) is 0. The Kier molecular flexibility index (Phi) is 4.17. The fraction of sp³-hybridized carbons (Fsp3) is 0.393. The van der Waals surface area contributed by atoms with E-state index in [2.05, 4.69) is 57.2 Å². The van der Waals surface area contributed by atoms with Gasteiger partial charge in [0.25, 0.3) is 0 Å². The fourth-order valence-electron chi connectivity index (χ4n) is 5.38. The van der Waals surface area contributed by atoms with Crippen molar-refractivity contribution in [3.8, 4) is 11.1 Å². The SMILES string of the molecule is O=C(C1CC1)N1CC(CN2CC3(CC3)N=C2c2ccc(-c3cnc4ccccc4c3)cc2)C1. The molecule has 2 aliphatic carbocycles. The van der Waals surface area contributed by atoms with Gasteiger partial charge in [0.15, 0.2) is 0 Å².